The SMILES string of the molecule is NC(=O)[C@]1(CO)CCCN1C(=O)Cc1ccccc1. The van der Waals surface area contributed by atoms with Gasteiger partial charge in [-0.1, -0.05) is 30.3 Å². The third kappa shape index (κ3) is 2.46. The maximum atomic E-state index is 12.3. The molecule has 19 heavy (non-hydrogen) atoms. The van der Waals surface area contributed by atoms with Gasteiger partial charge in [0, 0.05) is 6.54 Å². The highest BCUT2D eigenvalue weighted by atomic mass is 16.3. The van der Waals surface area contributed by atoms with Crippen molar-refractivity contribution in [3.63, 3.8) is 0 Å². The van der Waals surface area contributed by atoms with E-state index in [9.17, 15) is 14.7 Å². The maximum Gasteiger partial charge on any atom is 0.245 e. The van der Waals surface area contributed by atoms with E-state index in [1.165, 1.54) is 4.90 Å². The highest BCUT2D eigenvalue weighted by Crippen LogP contribution is 2.29. The Morgan fingerprint density at radius 3 is 2.58 bits per heavy atom. The molecular formula is C14H18N2O3. The zero-order chi connectivity index (χ0) is 13.9. The number of benzene rings is 1. The van der Waals surface area contributed by atoms with Crippen LogP contribution in [0.2, 0.25) is 0 Å². The minimum Gasteiger partial charge on any atom is -0.393 e. The van der Waals surface area contributed by atoms with E-state index in [-0.39, 0.29) is 12.3 Å². The largest absolute Gasteiger partial charge is 0.393 e. The van der Waals surface area contributed by atoms with Crippen LogP contribution in [-0.4, -0.2) is 40.5 Å². The molecule has 1 aromatic carbocycles. The summed E-state index contributed by atoms with van der Waals surface area (Å²) in [5, 5.41) is 9.48. The number of aliphatic hydroxyl groups is 1. The van der Waals surface area contributed by atoms with E-state index < -0.39 is 18.1 Å². The van der Waals surface area contributed by atoms with Gasteiger partial charge in [-0.25, -0.2) is 0 Å². The number of hydrogen-bond donors (Lipinski definition) is 2. The summed E-state index contributed by atoms with van der Waals surface area (Å²) in [6.07, 6.45) is 1.33. The third-order valence-electron chi connectivity index (χ3n) is 3.71. The third-order valence-corrected chi connectivity index (χ3v) is 3.71. The van der Waals surface area contributed by atoms with Gasteiger partial charge in [0.2, 0.25) is 11.8 Å². The first kappa shape index (κ1) is 13.5. The van der Waals surface area contributed by atoms with Crippen LogP contribution in [0.3, 0.4) is 0 Å². The Kier molecular flexibility index (Phi) is 3.85. The van der Waals surface area contributed by atoms with Gasteiger partial charge in [0.25, 0.3) is 0 Å². The molecule has 0 aliphatic carbocycles. The fraction of sp³-hybridized carbons (Fsp3) is 0.429. The van der Waals surface area contributed by atoms with Crippen molar-refractivity contribution in [3.8, 4) is 0 Å². The van der Waals surface area contributed by atoms with Crippen LogP contribution in [0.15, 0.2) is 30.3 Å². The average molecular weight is 262 g/mol. The molecule has 0 unspecified atom stereocenters. The molecule has 1 aliphatic heterocycles. The number of nitrogens with zero attached hydrogens (tertiary/aromatic N) is 1. The van der Waals surface area contributed by atoms with Crippen LogP contribution in [0.4, 0.5) is 0 Å². The number of likely N-dealkylation sites (tertiary alicyclic amines) is 1. The molecule has 1 atom stereocenters. The highest BCUT2D eigenvalue weighted by Gasteiger charge is 2.47. The lowest BCUT2D eigenvalue weighted by molar-refractivity contribution is -0.145. The van der Waals surface area contributed by atoms with Gasteiger partial charge in [0.05, 0.1) is 13.0 Å². The zero-order valence-corrected chi connectivity index (χ0v) is 10.7. The van der Waals surface area contributed by atoms with Crippen LogP contribution in [0, 0.1) is 0 Å². The molecule has 102 valence electrons. The summed E-state index contributed by atoms with van der Waals surface area (Å²) in [5.41, 5.74) is 5.04. The van der Waals surface area contributed by atoms with Crippen molar-refractivity contribution < 1.29 is 14.7 Å². The second-order valence-electron chi connectivity index (χ2n) is 4.87. The van der Waals surface area contributed by atoms with Gasteiger partial charge < -0.3 is 15.7 Å². The lowest BCUT2D eigenvalue weighted by Crippen LogP contribution is -2.58. The fourth-order valence-electron chi connectivity index (χ4n) is 2.61. The fourth-order valence-corrected chi connectivity index (χ4v) is 2.61. The smallest absolute Gasteiger partial charge is 0.245 e. The molecule has 0 aromatic heterocycles. The van der Waals surface area contributed by atoms with Crippen LogP contribution >= 0.6 is 0 Å². The Labute approximate surface area is 112 Å². The van der Waals surface area contributed by atoms with Crippen LogP contribution < -0.4 is 5.73 Å². The Morgan fingerprint density at radius 2 is 2.00 bits per heavy atom. The Morgan fingerprint density at radius 1 is 1.32 bits per heavy atom. The Bertz CT molecular complexity index is 475. The minimum absolute atomic E-state index is 0.170. The standard InChI is InChI=1S/C14H18N2O3/c15-13(19)14(10-17)7-4-8-16(14)12(18)9-11-5-2-1-3-6-11/h1-3,5-6,17H,4,7-10H2,(H2,15,19)/t14-/m1/s1. The first-order valence-electron chi connectivity index (χ1n) is 6.35. The molecule has 1 aromatic rings. The average Bonchev–Trinajstić information content (AvgIpc) is 2.85. The number of hydrogen-bond acceptors (Lipinski definition) is 3. The molecule has 1 heterocycles. The molecule has 5 nitrogen and oxygen atoms in total. The van der Waals surface area contributed by atoms with E-state index in [0.29, 0.717) is 19.4 Å². The van der Waals surface area contributed by atoms with Crippen molar-refractivity contribution in [3.05, 3.63) is 35.9 Å². The monoisotopic (exact) mass is 262 g/mol. The number of carbonyl (C=O) groups is 2. The van der Waals surface area contributed by atoms with Crippen LogP contribution in [0.1, 0.15) is 18.4 Å². The van der Waals surface area contributed by atoms with E-state index in [1.54, 1.807) is 0 Å². The van der Waals surface area contributed by atoms with Gasteiger partial charge >= 0.3 is 0 Å². The molecule has 1 fully saturated rings. The number of amides is 2. The predicted molar refractivity (Wildman–Crippen MR) is 70.1 cm³/mol. The molecule has 3 N–H and O–H groups in total. The molecule has 2 rings (SSSR count). The van der Waals surface area contributed by atoms with Gasteiger partial charge in [-0.05, 0) is 18.4 Å². The lowest BCUT2D eigenvalue weighted by Gasteiger charge is -2.34. The molecule has 0 saturated carbocycles. The van der Waals surface area contributed by atoms with E-state index in [4.69, 9.17) is 5.73 Å². The van der Waals surface area contributed by atoms with Gasteiger partial charge in [-0.15, -0.1) is 0 Å². The van der Waals surface area contributed by atoms with Gasteiger partial charge in [0.15, 0.2) is 0 Å². The van der Waals surface area contributed by atoms with Crippen molar-refractivity contribution >= 4 is 11.8 Å². The first-order valence-corrected chi connectivity index (χ1v) is 6.35. The van der Waals surface area contributed by atoms with E-state index in [2.05, 4.69) is 0 Å². The predicted octanol–water partition coefficient (Wildman–Crippen LogP) is 0.0679. The van der Waals surface area contributed by atoms with Crippen LogP contribution in [0.5, 0.6) is 0 Å². The molecule has 0 spiro atoms. The molecule has 0 radical (unpaired) electrons. The molecule has 1 saturated heterocycles. The molecule has 5 heteroatoms. The van der Waals surface area contributed by atoms with Crippen molar-refractivity contribution in [1.82, 2.24) is 4.90 Å². The second-order valence-corrected chi connectivity index (χ2v) is 4.87. The van der Waals surface area contributed by atoms with Crippen molar-refractivity contribution in [1.29, 1.82) is 0 Å². The van der Waals surface area contributed by atoms with Gasteiger partial charge in [-0.3, -0.25) is 9.59 Å². The first-order chi connectivity index (χ1) is 9.10. The van der Waals surface area contributed by atoms with Gasteiger partial charge in [0.1, 0.15) is 5.54 Å². The van der Waals surface area contributed by atoms with Crippen LogP contribution in [0.25, 0.3) is 0 Å². The summed E-state index contributed by atoms with van der Waals surface area (Å²) in [6.45, 7) is 0.0536. The zero-order valence-electron chi connectivity index (χ0n) is 10.7. The second kappa shape index (κ2) is 5.40. The summed E-state index contributed by atoms with van der Waals surface area (Å²) < 4.78 is 0. The molecule has 0 bridgehead atoms. The molecule has 2 amide bonds. The van der Waals surface area contributed by atoms with Crippen LogP contribution in [-0.2, 0) is 16.0 Å². The lowest BCUT2D eigenvalue weighted by atomic mass is 9.96. The highest BCUT2D eigenvalue weighted by molar-refractivity contribution is 5.91. The Balaban J connectivity index is 2.16. The van der Waals surface area contributed by atoms with Crippen molar-refractivity contribution in [2.75, 3.05) is 13.2 Å². The number of primary amides is 1. The van der Waals surface area contributed by atoms with Crippen molar-refractivity contribution in [2.24, 2.45) is 5.73 Å². The summed E-state index contributed by atoms with van der Waals surface area (Å²) in [4.78, 5) is 25.3. The Hall–Kier alpha value is -1.88. The summed E-state index contributed by atoms with van der Waals surface area (Å²) in [5.74, 6) is -0.800. The number of nitrogens with two attached hydrogens (primary N) is 1. The normalized spacial score (nSPS) is 22.5. The topological polar surface area (TPSA) is 83.6 Å². The summed E-state index contributed by atoms with van der Waals surface area (Å²) in [6, 6.07) is 9.32. The van der Waals surface area contributed by atoms with Gasteiger partial charge in [-0.2, -0.15) is 0 Å². The minimum atomic E-state index is -1.22. The maximum absolute atomic E-state index is 12.3. The molecule has 1 aliphatic rings. The van der Waals surface area contributed by atoms with E-state index in [0.717, 1.165) is 5.56 Å². The summed E-state index contributed by atoms with van der Waals surface area (Å²) >= 11 is 0. The van der Waals surface area contributed by atoms with E-state index >= 15 is 0 Å². The quantitative estimate of drug-likeness (QED) is 0.805. The number of carbonyl (C=O) groups excluding carboxylic acids is 2. The molecular weight excluding hydrogens is 244 g/mol. The number of rotatable bonds is 4. The number of aliphatic hydroxyl groups excluding tert-OH is 1. The van der Waals surface area contributed by atoms with E-state index in [1.807, 2.05) is 30.3 Å². The van der Waals surface area contributed by atoms with Crippen molar-refractivity contribution in [2.45, 2.75) is 24.8 Å². The summed E-state index contributed by atoms with van der Waals surface area (Å²) in [7, 11) is 0.